The molecule has 2 fully saturated rings. The highest BCUT2D eigenvalue weighted by atomic mass is 19.3. The Balaban J connectivity index is 1.84. The van der Waals surface area contributed by atoms with Gasteiger partial charge in [0.05, 0.1) is 5.56 Å². The zero-order chi connectivity index (χ0) is 18.5. The number of aliphatic hydroxyl groups is 1. The predicted molar refractivity (Wildman–Crippen MR) is 81.0 cm³/mol. The Kier molecular flexibility index (Phi) is 4.35. The number of benzene rings is 1. The van der Waals surface area contributed by atoms with Crippen molar-refractivity contribution in [1.82, 2.24) is 0 Å². The number of ether oxygens (including phenoxy) is 4. The van der Waals surface area contributed by atoms with Crippen LogP contribution in [0, 0.1) is 0 Å². The van der Waals surface area contributed by atoms with Gasteiger partial charge in [-0.2, -0.15) is 0 Å². The summed E-state index contributed by atoms with van der Waals surface area (Å²) >= 11 is 0. The van der Waals surface area contributed by atoms with Crippen molar-refractivity contribution >= 4 is 5.97 Å². The summed E-state index contributed by atoms with van der Waals surface area (Å²) in [5.41, 5.74) is -3.61. The summed E-state index contributed by atoms with van der Waals surface area (Å²) in [6, 6.07) is 7.98. The molecule has 1 N–H and O–H groups in total. The highest BCUT2D eigenvalue weighted by Crippen LogP contribution is 2.52. The first-order valence-corrected chi connectivity index (χ1v) is 7.85. The Morgan fingerprint density at radius 2 is 1.88 bits per heavy atom. The largest absolute Gasteiger partial charge is 0.459 e. The Labute approximate surface area is 143 Å². The standard InChI is InChI=1S/C17H20F2O6/c1-15(2)23-12-16(3,25-15)14(21)24-17(12,13(18)19)9-22-11(20)10-7-5-4-6-8-10/h4-8,12-14,21H,9H2,1-3H3/t12-,14?,16+,17+/m0/s1. The number of esters is 1. The second-order valence-electron chi connectivity index (χ2n) is 6.85. The van der Waals surface area contributed by atoms with Gasteiger partial charge in [-0.3, -0.25) is 0 Å². The Bertz CT molecular complexity index is 652. The summed E-state index contributed by atoms with van der Waals surface area (Å²) in [4.78, 5) is 12.1. The smallest absolute Gasteiger partial charge is 0.338 e. The third-order valence-electron chi connectivity index (χ3n) is 4.46. The molecule has 6 nitrogen and oxygen atoms in total. The molecule has 8 heteroatoms. The van der Waals surface area contributed by atoms with Crippen LogP contribution in [0.4, 0.5) is 8.78 Å². The molecule has 1 aromatic carbocycles. The van der Waals surface area contributed by atoms with Crippen LogP contribution < -0.4 is 0 Å². The van der Waals surface area contributed by atoms with Crippen molar-refractivity contribution in [3.05, 3.63) is 35.9 Å². The predicted octanol–water partition coefficient (Wildman–Crippen LogP) is 2.11. The summed E-state index contributed by atoms with van der Waals surface area (Å²) in [5.74, 6) is -1.96. The molecule has 0 spiro atoms. The minimum atomic E-state index is -3.07. The second kappa shape index (κ2) is 5.98. The number of carbonyl (C=O) groups is 1. The average Bonchev–Trinajstić information content (AvgIpc) is 2.92. The van der Waals surface area contributed by atoms with E-state index in [9.17, 15) is 18.7 Å². The van der Waals surface area contributed by atoms with Gasteiger partial charge < -0.3 is 24.1 Å². The number of aliphatic hydroxyl groups excluding tert-OH is 1. The maximum atomic E-state index is 13.9. The summed E-state index contributed by atoms with van der Waals surface area (Å²) < 4.78 is 49.2. The van der Waals surface area contributed by atoms with Crippen LogP contribution in [0.25, 0.3) is 0 Å². The Morgan fingerprint density at radius 3 is 2.48 bits per heavy atom. The van der Waals surface area contributed by atoms with Crippen molar-refractivity contribution in [2.24, 2.45) is 0 Å². The zero-order valence-corrected chi connectivity index (χ0v) is 14.1. The molecule has 0 radical (unpaired) electrons. The first kappa shape index (κ1) is 18.2. The highest BCUT2D eigenvalue weighted by Gasteiger charge is 2.73. The molecule has 2 heterocycles. The maximum Gasteiger partial charge on any atom is 0.338 e. The van der Waals surface area contributed by atoms with E-state index in [4.69, 9.17) is 18.9 Å². The number of carbonyl (C=O) groups excluding carboxylic acids is 1. The van der Waals surface area contributed by atoms with Crippen molar-refractivity contribution in [2.75, 3.05) is 6.61 Å². The van der Waals surface area contributed by atoms with E-state index in [1.54, 1.807) is 32.0 Å². The molecule has 138 valence electrons. The highest BCUT2D eigenvalue weighted by molar-refractivity contribution is 5.89. The molecular formula is C17H20F2O6. The van der Waals surface area contributed by atoms with Gasteiger partial charge in [0.15, 0.2) is 17.7 Å². The number of rotatable bonds is 4. The lowest BCUT2D eigenvalue weighted by molar-refractivity contribution is -0.283. The molecule has 25 heavy (non-hydrogen) atoms. The van der Waals surface area contributed by atoms with E-state index >= 15 is 0 Å². The molecule has 3 rings (SSSR count). The SMILES string of the molecule is CC1(C)O[C@H]2[C@@](C)(O1)C(O)O[C@@]2(COC(=O)c1ccccc1)C(F)F. The lowest BCUT2D eigenvalue weighted by Gasteiger charge is -2.32. The number of alkyl halides is 2. The molecule has 0 saturated carbocycles. The zero-order valence-electron chi connectivity index (χ0n) is 14.1. The molecular weight excluding hydrogens is 338 g/mol. The van der Waals surface area contributed by atoms with Gasteiger partial charge in [0.2, 0.25) is 0 Å². The van der Waals surface area contributed by atoms with Crippen molar-refractivity contribution in [3.63, 3.8) is 0 Å². The van der Waals surface area contributed by atoms with Crippen LogP contribution in [-0.4, -0.2) is 53.5 Å². The quantitative estimate of drug-likeness (QED) is 0.831. The molecule has 0 amide bonds. The van der Waals surface area contributed by atoms with Crippen LogP contribution in [0.5, 0.6) is 0 Å². The third kappa shape index (κ3) is 2.93. The normalized spacial score (nSPS) is 36.4. The molecule has 1 aromatic rings. The maximum absolute atomic E-state index is 13.9. The van der Waals surface area contributed by atoms with Gasteiger partial charge in [-0.15, -0.1) is 0 Å². The number of halogens is 2. The number of hydrogen-bond donors (Lipinski definition) is 1. The summed E-state index contributed by atoms with van der Waals surface area (Å²) in [6.07, 6.45) is -6.03. The number of fused-ring (bicyclic) bond motifs is 1. The van der Waals surface area contributed by atoms with Crippen LogP contribution >= 0.6 is 0 Å². The molecule has 2 aliphatic rings. The van der Waals surface area contributed by atoms with Crippen molar-refractivity contribution in [1.29, 1.82) is 0 Å². The minimum Gasteiger partial charge on any atom is -0.459 e. The molecule has 4 atom stereocenters. The summed E-state index contributed by atoms with van der Waals surface area (Å²) in [5, 5.41) is 10.2. The van der Waals surface area contributed by atoms with Gasteiger partial charge in [-0.1, -0.05) is 18.2 Å². The lowest BCUT2D eigenvalue weighted by Crippen LogP contribution is -2.55. The van der Waals surface area contributed by atoms with Gasteiger partial charge >= 0.3 is 5.97 Å². The van der Waals surface area contributed by atoms with Crippen molar-refractivity contribution < 1.29 is 37.6 Å². The van der Waals surface area contributed by atoms with E-state index in [1.807, 2.05) is 0 Å². The average molecular weight is 358 g/mol. The molecule has 0 aliphatic carbocycles. The monoisotopic (exact) mass is 358 g/mol. The lowest BCUT2D eigenvalue weighted by atomic mass is 9.88. The fraction of sp³-hybridized carbons (Fsp3) is 0.588. The molecule has 2 aliphatic heterocycles. The van der Waals surface area contributed by atoms with Crippen LogP contribution in [-0.2, 0) is 18.9 Å². The Morgan fingerprint density at radius 1 is 1.24 bits per heavy atom. The van der Waals surface area contributed by atoms with Crippen molar-refractivity contribution in [3.8, 4) is 0 Å². The van der Waals surface area contributed by atoms with Crippen LogP contribution in [0.15, 0.2) is 30.3 Å². The van der Waals surface area contributed by atoms with Crippen LogP contribution in [0.3, 0.4) is 0 Å². The molecule has 2 saturated heterocycles. The van der Waals surface area contributed by atoms with E-state index in [0.717, 1.165) is 0 Å². The Hall–Kier alpha value is -1.61. The minimum absolute atomic E-state index is 0.220. The van der Waals surface area contributed by atoms with Gasteiger partial charge in [0, 0.05) is 0 Å². The van der Waals surface area contributed by atoms with Gasteiger partial charge in [-0.25, -0.2) is 13.6 Å². The van der Waals surface area contributed by atoms with Crippen LogP contribution in [0.1, 0.15) is 31.1 Å². The number of hydrogen-bond acceptors (Lipinski definition) is 6. The van der Waals surface area contributed by atoms with Crippen molar-refractivity contribution in [2.45, 2.75) is 56.6 Å². The van der Waals surface area contributed by atoms with E-state index in [2.05, 4.69) is 0 Å². The van der Waals surface area contributed by atoms with E-state index < -0.39 is 48.4 Å². The first-order chi connectivity index (χ1) is 11.6. The summed E-state index contributed by atoms with van der Waals surface area (Å²) in [7, 11) is 0. The van der Waals surface area contributed by atoms with E-state index in [1.165, 1.54) is 19.1 Å². The fourth-order valence-electron chi connectivity index (χ4n) is 3.33. The second-order valence-corrected chi connectivity index (χ2v) is 6.85. The summed E-state index contributed by atoms with van der Waals surface area (Å²) in [6.45, 7) is 3.75. The molecule has 0 bridgehead atoms. The topological polar surface area (TPSA) is 74.2 Å². The third-order valence-corrected chi connectivity index (χ3v) is 4.46. The first-order valence-electron chi connectivity index (χ1n) is 7.85. The molecule has 0 aromatic heterocycles. The van der Waals surface area contributed by atoms with E-state index in [0.29, 0.717) is 0 Å². The van der Waals surface area contributed by atoms with E-state index in [-0.39, 0.29) is 5.56 Å². The van der Waals surface area contributed by atoms with Gasteiger partial charge in [0.1, 0.15) is 18.3 Å². The van der Waals surface area contributed by atoms with Crippen LogP contribution in [0.2, 0.25) is 0 Å². The fourth-order valence-corrected chi connectivity index (χ4v) is 3.33. The molecule has 1 unspecified atom stereocenters. The van der Waals surface area contributed by atoms with Gasteiger partial charge in [-0.05, 0) is 32.9 Å². The van der Waals surface area contributed by atoms with Gasteiger partial charge in [0.25, 0.3) is 6.43 Å².